The van der Waals surface area contributed by atoms with Crippen LogP contribution in [0.1, 0.15) is 6.92 Å². The number of benzene rings is 1. The third-order valence-corrected chi connectivity index (χ3v) is 3.89. The van der Waals surface area contributed by atoms with Gasteiger partial charge < -0.3 is 4.90 Å². The van der Waals surface area contributed by atoms with Crippen molar-refractivity contribution in [3.8, 4) is 0 Å². The van der Waals surface area contributed by atoms with Crippen molar-refractivity contribution < 1.29 is 8.78 Å². The fourth-order valence-corrected chi connectivity index (χ4v) is 2.76. The first-order valence-electron chi connectivity index (χ1n) is 5.37. The average Bonchev–Trinajstić information content (AvgIpc) is 2.66. The summed E-state index contributed by atoms with van der Waals surface area (Å²) in [5.41, 5.74) is 0.425. The minimum atomic E-state index is -0.749. The van der Waals surface area contributed by atoms with Gasteiger partial charge in [0, 0.05) is 13.1 Å². The maximum atomic E-state index is 13.5. The fourth-order valence-electron chi connectivity index (χ4n) is 2.76. The summed E-state index contributed by atoms with van der Waals surface area (Å²) < 4.78 is 26.5. The summed E-state index contributed by atoms with van der Waals surface area (Å²) in [5.74, 6) is 0.728. The zero-order valence-corrected chi connectivity index (χ0v) is 8.58. The maximum Gasteiger partial charge on any atom is 0.182 e. The molecule has 2 atom stereocenters. The highest BCUT2D eigenvalue weighted by atomic mass is 19.2. The second-order valence-electron chi connectivity index (χ2n) is 4.66. The first-order valence-corrected chi connectivity index (χ1v) is 5.37. The highest BCUT2D eigenvalue weighted by molar-refractivity contribution is 5.50. The highest BCUT2D eigenvalue weighted by Crippen LogP contribution is 2.52. The van der Waals surface area contributed by atoms with Gasteiger partial charge in [-0.05, 0) is 29.9 Å². The molecule has 0 aromatic heterocycles. The number of rotatable bonds is 1. The summed E-state index contributed by atoms with van der Waals surface area (Å²) in [4.78, 5) is 1.97. The topological polar surface area (TPSA) is 3.24 Å². The van der Waals surface area contributed by atoms with Gasteiger partial charge >= 0.3 is 0 Å². The van der Waals surface area contributed by atoms with Gasteiger partial charge in [-0.1, -0.05) is 13.0 Å². The molecule has 0 N–H and O–H groups in total. The molecule has 3 rings (SSSR count). The lowest BCUT2D eigenvalue weighted by molar-refractivity contribution is 0.505. The van der Waals surface area contributed by atoms with Crippen molar-refractivity contribution >= 4 is 5.69 Å². The fraction of sp³-hybridized carbons (Fsp3) is 0.500. The largest absolute Gasteiger partial charge is 0.368 e. The molecule has 2 unspecified atom stereocenters. The van der Waals surface area contributed by atoms with Crippen LogP contribution in [-0.4, -0.2) is 13.1 Å². The van der Waals surface area contributed by atoms with E-state index in [1.807, 2.05) is 4.90 Å². The molecule has 1 saturated heterocycles. The number of nitrogens with zero attached hydrogens (tertiary/aromatic N) is 1. The van der Waals surface area contributed by atoms with Gasteiger partial charge in [-0.3, -0.25) is 0 Å². The predicted octanol–water partition coefficient (Wildman–Crippen LogP) is 2.67. The molecular weight excluding hydrogens is 196 g/mol. The SMILES string of the molecule is CC1C2CN(c3cccc(F)c3F)CC12. The van der Waals surface area contributed by atoms with E-state index >= 15 is 0 Å². The summed E-state index contributed by atoms with van der Waals surface area (Å²) in [6.07, 6.45) is 0. The number of anilines is 1. The zero-order valence-electron chi connectivity index (χ0n) is 8.58. The van der Waals surface area contributed by atoms with Gasteiger partial charge in [-0.25, -0.2) is 8.78 Å². The Labute approximate surface area is 87.7 Å². The van der Waals surface area contributed by atoms with E-state index in [-0.39, 0.29) is 0 Å². The molecule has 1 aromatic rings. The molecular formula is C12H13F2N. The molecule has 1 heterocycles. The van der Waals surface area contributed by atoms with Crippen LogP contribution in [0.25, 0.3) is 0 Å². The Morgan fingerprint density at radius 2 is 1.87 bits per heavy atom. The second kappa shape index (κ2) is 2.94. The predicted molar refractivity (Wildman–Crippen MR) is 54.7 cm³/mol. The van der Waals surface area contributed by atoms with E-state index in [2.05, 4.69) is 6.92 Å². The third-order valence-electron chi connectivity index (χ3n) is 3.89. The highest BCUT2D eigenvalue weighted by Gasteiger charge is 2.52. The van der Waals surface area contributed by atoms with Gasteiger partial charge in [0.15, 0.2) is 11.6 Å². The van der Waals surface area contributed by atoms with Crippen LogP contribution in [0.5, 0.6) is 0 Å². The molecule has 2 aliphatic rings. The molecule has 0 bridgehead atoms. The van der Waals surface area contributed by atoms with Crippen molar-refractivity contribution in [2.45, 2.75) is 6.92 Å². The molecule has 0 radical (unpaired) electrons. The van der Waals surface area contributed by atoms with Crippen LogP contribution < -0.4 is 4.90 Å². The van der Waals surface area contributed by atoms with E-state index in [4.69, 9.17) is 0 Å². The van der Waals surface area contributed by atoms with Crippen LogP contribution in [0.3, 0.4) is 0 Å². The minimum absolute atomic E-state index is 0.425. The normalized spacial score (nSPS) is 33.0. The van der Waals surface area contributed by atoms with Crippen LogP contribution in [0.2, 0.25) is 0 Å². The van der Waals surface area contributed by atoms with Crippen LogP contribution in [0, 0.1) is 29.4 Å². The minimum Gasteiger partial charge on any atom is -0.368 e. The summed E-state index contributed by atoms with van der Waals surface area (Å²) in [6, 6.07) is 4.40. The average molecular weight is 209 g/mol. The van der Waals surface area contributed by atoms with Crippen LogP contribution in [0.4, 0.5) is 14.5 Å². The molecule has 3 heteroatoms. The standard InChI is InChI=1S/C12H13F2N/c1-7-8-5-15(6-9(7)8)11-4-2-3-10(13)12(11)14/h2-4,7-9H,5-6H2,1H3. The van der Waals surface area contributed by atoms with Gasteiger partial charge in [0.25, 0.3) is 0 Å². The van der Waals surface area contributed by atoms with Crippen LogP contribution >= 0.6 is 0 Å². The smallest absolute Gasteiger partial charge is 0.182 e. The van der Waals surface area contributed by atoms with Gasteiger partial charge in [-0.15, -0.1) is 0 Å². The monoisotopic (exact) mass is 209 g/mol. The van der Waals surface area contributed by atoms with Crippen molar-refractivity contribution in [1.82, 2.24) is 0 Å². The molecule has 2 fully saturated rings. The molecule has 0 amide bonds. The summed E-state index contributed by atoms with van der Waals surface area (Å²) in [6.45, 7) is 3.99. The van der Waals surface area contributed by atoms with E-state index < -0.39 is 11.6 Å². The Balaban J connectivity index is 1.86. The summed E-state index contributed by atoms with van der Waals surface area (Å²) >= 11 is 0. The van der Waals surface area contributed by atoms with Crippen molar-refractivity contribution in [3.05, 3.63) is 29.8 Å². The lowest BCUT2D eigenvalue weighted by Gasteiger charge is -2.21. The van der Waals surface area contributed by atoms with Gasteiger partial charge in [0.2, 0.25) is 0 Å². The Bertz CT molecular complexity index is 393. The van der Waals surface area contributed by atoms with E-state index in [0.717, 1.165) is 25.1 Å². The van der Waals surface area contributed by atoms with Crippen LogP contribution in [0.15, 0.2) is 18.2 Å². The molecule has 0 spiro atoms. The molecule has 15 heavy (non-hydrogen) atoms. The first-order chi connectivity index (χ1) is 7.18. The van der Waals surface area contributed by atoms with Crippen molar-refractivity contribution in [3.63, 3.8) is 0 Å². The van der Waals surface area contributed by atoms with Crippen molar-refractivity contribution in [2.75, 3.05) is 18.0 Å². The van der Waals surface area contributed by atoms with Gasteiger partial charge in [0.1, 0.15) is 0 Å². The molecule has 1 aromatic carbocycles. The first kappa shape index (κ1) is 9.13. The van der Waals surface area contributed by atoms with Gasteiger partial charge in [0.05, 0.1) is 5.69 Å². The van der Waals surface area contributed by atoms with Gasteiger partial charge in [-0.2, -0.15) is 0 Å². The zero-order chi connectivity index (χ0) is 10.6. The van der Waals surface area contributed by atoms with Crippen LogP contribution in [-0.2, 0) is 0 Å². The maximum absolute atomic E-state index is 13.5. The molecule has 1 saturated carbocycles. The van der Waals surface area contributed by atoms with Crippen molar-refractivity contribution in [2.24, 2.45) is 17.8 Å². The molecule has 1 aliphatic heterocycles. The molecule has 1 aliphatic carbocycles. The molecule has 80 valence electrons. The van der Waals surface area contributed by atoms with Crippen molar-refractivity contribution in [1.29, 1.82) is 0 Å². The summed E-state index contributed by atoms with van der Waals surface area (Å²) in [7, 11) is 0. The number of piperidine rings is 1. The molecule has 1 nitrogen and oxygen atoms in total. The lowest BCUT2D eigenvalue weighted by atomic mass is 10.2. The third kappa shape index (κ3) is 1.25. The lowest BCUT2D eigenvalue weighted by Crippen LogP contribution is -2.24. The number of hydrogen-bond donors (Lipinski definition) is 0. The Hall–Kier alpha value is -1.12. The van der Waals surface area contributed by atoms with E-state index in [0.29, 0.717) is 17.5 Å². The second-order valence-corrected chi connectivity index (χ2v) is 4.66. The summed E-state index contributed by atoms with van der Waals surface area (Å²) in [5, 5.41) is 0. The van der Waals surface area contributed by atoms with E-state index in [9.17, 15) is 8.78 Å². The number of hydrogen-bond acceptors (Lipinski definition) is 1. The Kier molecular flexibility index (Phi) is 1.79. The Morgan fingerprint density at radius 1 is 1.20 bits per heavy atom. The number of fused-ring (bicyclic) bond motifs is 1. The quantitative estimate of drug-likeness (QED) is 0.687. The van der Waals surface area contributed by atoms with E-state index in [1.54, 1.807) is 12.1 Å². The number of halogens is 2. The Morgan fingerprint density at radius 3 is 2.53 bits per heavy atom. The van der Waals surface area contributed by atoms with E-state index in [1.165, 1.54) is 0 Å².